The average Bonchev–Trinajstić information content (AvgIpc) is 3.22. The highest BCUT2D eigenvalue weighted by atomic mass is 32.1. The third kappa shape index (κ3) is 2.80. The first kappa shape index (κ1) is 13.6. The van der Waals surface area contributed by atoms with Gasteiger partial charge in [0.05, 0.1) is 12.7 Å². The molecule has 0 amide bonds. The molecular weight excluding hydrogens is 280 g/mol. The molecule has 0 aromatic carbocycles. The van der Waals surface area contributed by atoms with Crippen LogP contribution in [0.5, 0.6) is 0 Å². The normalized spacial score (nSPS) is 29.6. The second-order valence-corrected chi connectivity index (χ2v) is 7.00. The smallest absolute Gasteiger partial charge is 0.0776 e. The maximum absolute atomic E-state index is 6.16. The van der Waals surface area contributed by atoms with Gasteiger partial charge >= 0.3 is 0 Å². The van der Waals surface area contributed by atoms with Gasteiger partial charge in [0.1, 0.15) is 0 Å². The molecule has 2 aromatic rings. The number of hydrogen-bond donors (Lipinski definition) is 0. The molecule has 1 saturated heterocycles. The quantitative estimate of drug-likeness (QED) is 0.863. The molecule has 4 heteroatoms. The van der Waals surface area contributed by atoms with Gasteiger partial charge in [0, 0.05) is 44.0 Å². The van der Waals surface area contributed by atoms with Crippen molar-refractivity contribution in [2.75, 3.05) is 13.2 Å². The molecule has 2 aromatic heterocycles. The molecule has 1 aliphatic carbocycles. The Kier molecular flexibility index (Phi) is 3.84. The van der Waals surface area contributed by atoms with E-state index in [0.717, 1.165) is 26.2 Å². The molecule has 0 N–H and O–H groups in total. The minimum absolute atomic E-state index is 0.416. The highest BCUT2D eigenvalue weighted by molar-refractivity contribution is 7.07. The Morgan fingerprint density at radius 3 is 2.95 bits per heavy atom. The summed E-state index contributed by atoms with van der Waals surface area (Å²) >= 11 is 1.80. The lowest BCUT2D eigenvalue weighted by Crippen LogP contribution is -2.50. The molecule has 3 atom stereocenters. The standard InChI is InChI=1S/C17H22N2OS/c1-2-7-18(6-1)12-15-3-4-16-17(15)20-9-8-19(16)11-14-5-10-21-13-14/h1-2,5-7,10,13,15-17H,3-4,8-9,11-12H2. The number of aromatic nitrogens is 1. The molecule has 1 aliphatic heterocycles. The van der Waals surface area contributed by atoms with E-state index in [-0.39, 0.29) is 0 Å². The molecular formula is C17H22N2OS. The number of rotatable bonds is 4. The van der Waals surface area contributed by atoms with Gasteiger partial charge in [-0.15, -0.1) is 0 Å². The topological polar surface area (TPSA) is 17.4 Å². The lowest BCUT2D eigenvalue weighted by Gasteiger charge is -2.39. The van der Waals surface area contributed by atoms with Crippen LogP contribution in [0, 0.1) is 5.92 Å². The minimum Gasteiger partial charge on any atom is -0.375 e. The molecule has 3 unspecified atom stereocenters. The summed E-state index contributed by atoms with van der Waals surface area (Å²) in [5.41, 5.74) is 1.45. The molecule has 3 nitrogen and oxygen atoms in total. The zero-order valence-electron chi connectivity index (χ0n) is 12.2. The first-order chi connectivity index (χ1) is 10.4. The van der Waals surface area contributed by atoms with Gasteiger partial charge < -0.3 is 9.30 Å². The Balaban J connectivity index is 1.44. The first-order valence-electron chi connectivity index (χ1n) is 7.87. The van der Waals surface area contributed by atoms with E-state index in [0.29, 0.717) is 18.1 Å². The molecule has 0 spiro atoms. The number of thiophene rings is 1. The van der Waals surface area contributed by atoms with Crippen molar-refractivity contribution >= 4 is 11.3 Å². The van der Waals surface area contributed by atoms with Crippen molar-refractivity contribution in [1.82, 2.24) is 9.47 Å². The molecule has 0 bridgehead atoms. The second-order valence-electron chi connectivity index (χ2n) is 6.22. The van der Waals surface area contributed by atoms with Gasteiger partial charge in [-0.05, 0) is 47.4 Å². The number of nitrogens with zero attached hydrogens (tertiary/aromatic N) is 2. The van der Waals surface area contributed by atoms with E-state index >= 15 is 0 Å². The SMILES string of the molecule is c1ccn(CC2CCC3C2OCCN3Cc2ccsc2)c1. The van der Waals surface area contributed by atoms with Crippen LogP contribution < -0.4 is 0 Å². The van der Waals surface area contributed by atoms with Crippen LogP contribution in [0.15, 0.2) is 41.4 Å². The van der Waals surface area contributed by atoms with E-state index in [4.69, 9.17) is 4.74 Å². The third-order valence-electron chi connectivity index (χ3n) is 4.91. The van der Waals surface area contributed by atoms with Crippen molar-refractivity contribution in [1.29, 1.82) is 0 Å². The summed E-state index contributed by atoms with van der Waals surface area (Å²) < 4.78 is 8.46. The number of hydrogen-bond acceptors (Lipinski definition) is 3. The Morgan fingerprint density at radius 2 is 2.14 bits per heavy atom. The highest BCUT2D eigenvalue weighted by Gasteiger charge is 2.42. The third-order valence-corrected chi connectivity index (χ3v) is 5.64. The van der Waals surface area contributed by atoms with E-state index in [1.807, 2.05) is 0 Å². The molecule has 1 saturated carbocycles. The maximum atomic E-state index is 6.16. The fraction of sp³-hybridized carbons (Fsp3) is 0.529. The van der Waals surface area contributed by atoms with Crippen LogP contribution in [0.1, 0.15) is 18.4 Å². The van der Waals surface area contributed by atoms with E-state index in [1.165, 1.54) is 18.4 Å². The van der Waals surface area contributed by atoms with Crippen molar-refractivity contribution in [3.63, 3.8) is 0 Å². The summed E-state index contributed by atoms with van der Waals surface area (Å²) in [5.74, 6) is 0.660. The summed E-state index contributed by atoms with van der Waals surface area (Å²) in [6, 6.07) is 7.08. The van der Waals surface area contributed by atoms with Gasteiger partial charge in [-0.2, -0.15) is 11.3 Å². The van der Waals surface area contributed by atoms with Crippen LogP contribution in [-0.4, -0.2) is 34.8 Å². The van der Waals surface area contributed by atoms with E-state index in [9.17, 15) is 0 Å². The van der Waals surface area contributed by atoms with Gasteiger partial charge in [0.15, 0.2) is 0 Å². The first-order valence-corrected chi connectivity index (χ1v) is 8.82. The van der Waals surface area contributed by atoms with Crippen molar-refractivity contribution in [2.24, 2.45) is 5.92 Å². The zero-order chi connectivity index (χ0) is 14.1. The van der Waals surface area contributed by atoms with Crippen molar-refractivity contribution in [3.8, 4) is 0 Å². The summed E-state index contributed by atoms with van der Waals surface area (Å²) in [6.07, 6.45) is 7.31. The molecule has 0 radical (unpaired) electrons. The summed E-state index contributed by atoms with van der Waals surface area (Å²) in [5, 5.41) is 4.45. The predicted octanol–water partition coefficient (Wildman–Crippen LogP) is 3.23. The van der Waals surface area contributed by atoms with Gasteiger partial charge in [-0.25, -0.2) is 0 Å². The Hall–Kier alpha value is -1.10. The van der Waals surface area contributed by atoms with Crippen LogP contribution in [0.2, 0.25) is 0 Å². The Morgan fingerprint density at radius 1 is 1.24 bits per heavy atom. The van der Waals surface area contributed by atoms with Crippen LogP contribution in [0.4, 0.5) is 0 Å². The van der Waals surface area contributed by atoms with Crippen LogP contribution in [0.3, 0.4) is 0 Å². The summed E-state index contributed by atoms with van der Waals surface area (Å²) in [7, 11) is 0. The number of morpholine rings is 1. The van der Waals surface area contributed by atoms with E-state index in [1.54, 1.807) is 11.3 Å². The fourth-order valence-electron chi connectivity index (χ4n) is 3.91. The highest BCUT2D eigenvalue weighted by Crippen LogP contribution is 2.36. The van der Waals surface area contributed by atoms with Gasteiger partial charge in [0.25, 0.3) is 0 Å². The van der Waals surface area contributed by atoms with Gasteiger partial charge in [-0.3, -0.25) is 4.90 Å². The average molecular weight is 302 g/mol. The monoisotopic (exact) mass is 302 g/mol. The minimum atomic E-state index is 0.416. The largest absolute Gasteiger partial charge is 0.375 e. The van der Waals surface area contributed by atoms with Gasteiger partial charge in [0.2, 0.25) is 0 Å². The Bertz CT molecular complexity index is 551. The maximum Gasteiger partial charge on any atom is 0.0776 e. The van der Waals surface area contributed by atoms with E-state index < -0.39 is 0 Å². The number of ether oxygens (including phenoxy) is 1. The summed E-state index contributed by atoms with van der Waals surface area (Å²) in [6.45, 7) is 4.14. The fourth-order valence-corrected chi connectivity index (χ4v) is 4.57. The molecule has 112 valence electrons. The zero-order valence-corrected chi connectivity index (χ0v) is 13.0. The van der Waals surface area contributed by atoms with Crippen LogP contribution in [0.25, 0.3) is 0 Å². The molecule has 3 heterocycles. The Labute approximate surface area is 130 Å². The van der Waals surface area contributed by atoms with Crippen LogP contribution in [-0.2, 0) is 17.8 Å². The van der Waals surface area contributed by atoms with E-state index in [2.05, 4.69) is 50.8 Å². The number of fused-ring (bicyclic) bond motifs is 1. The lowest BCUT2D eigenvalue weighted by molar-refractivity contribution is -0.0785. The predicted molar refractivity (Wildman–Crippen MR) is 85.4 cm³/mol. The lowest BCUT2D eigenvalue weighted by atomic mass is 10.0. The van der Waals surface area contributed by atoms with Crippen molar-refractivity contribution in [3.05, 3.63) is 46.9 Å². The van der Waals surface area contributed by atoms with Gasteiger partial charge in [-0.1, -0.05) is 0 Å². The molecule has 2 aliphatic rings. The molecule has 2 fully saturated rings. The molecule has 21 heavy (non-hydrogen) atoms. The summed E-state index contributed by atoms with van der Waals surface area (Å²) in [4.78, 5) is 2.64. The molecule has 4 rings (SSSR count). The van der Waals surface area contributed by atoms with Crippen molar-refractivity contribution < 1.29 is 4.74 Å². The second kappa shape index (κ2) is 5.95. The van der Waals surface area contributed by atoms with Crippen molar-refractivity contribution in [2.45, 2.75) is 38.1 Å². The van der Waals surface area contributed by atoms with Crippen LogP contribution >= 0.6 is 11.3 Å².